The molecule has 0 bridgehead atoms. The molecule has 0 radical (unpaired) electrons. The smallest absolute Gasteiger partial charge is 0.301 e. The van der Waals surface area contributed by atoms with E-state index in [1.54, 1.807) is 0 Å². The van der Waals surface area contributed by atoms with E-state index in [2.05, 4.69) is 18.7 Å². The Morgan fingerprint density at radius 1 is 0.667 bits per heavy atom. The van der Waals surface area contributed by atoms with Crippen LogP contribution >= 0.6 is 0 Å². The first-order valence-corrected chi connectivity index (χ1v) is 10.6. The zero-order chi connectivity index (χ0) is 17.9. The summed E-state index contributed by atoms with van der Waals surface area (Å²) in [6, 6.07) is 0. The van der Waals surface area contributed by atoms with Crippen LogP contribution in [0.25, 0.3) is 0 Å². The Labute approximate surface area is 150 Å². The molecule has 3 heteroatoms. The van der Waals surface area contributed by atoms with Gasteiger partial charge in [-0.1, -0.05) is 110 Å². The van der Waals surface area contributed by atoms with E-state index in [4.69, 9.17) is 5.26 Å². The minimum atomic E-state index is -0.452. The normalized spacial score (nSPS) is 12.3. The van der Waals surface area contributed by atoms with E-state index in [0.717, 1.165) is 25.7 Å². The molecule has 3 nitrogen and oxygen atoms in total. The van der Waals surface area contributed by atoms with Crippen molar-refractivity contribution < 1.29 is 14.9 Å². The van der Waals surface area contributed by atoms with Gasteiger partial charge in [0, 0.05) is 0 Å². The maximum atomic E-state index is 11.4. The average Bonchev–Trinajstić information content (AvgIpc) is 2.60. The van der Waals surface area contributed by atoms with Crippen molar-refractivity contribution in [1.82, 2.24) is 0 Å². The molecule has 0 saturated carbocycles. The molecular weight excluding hydrogens is 300 g/mol. The zero-order valence-corrected chi connectivity index (χ0v) is 16.4. The van der Waals surface area contributed by atoms with Crippen LogP contribution in [0.5, 0.6) is 0 Å². The van der Waals surface area contributed by atoms with Gasteiger partial charge in [-0.05, 0) is 12.8 Å². The number of carbonyl (C=O) groups is 1. The molecule has 1 atom stereocenters. The molecule has 0 fully saturated rings. The van der Waals surface area contributed by atoms with E-state index < -0.39 is 5.97 Å². The van der Waals surface area contributed by atoms with Gasteiger partial charge in [0.1, 0.15) is 0 Å². The lowest BCUT2D eigenvalue weighted by molar-refractivity contribution is -0.239. The summed E-state index contributed by atoms with van der Waals surface area (Å²) in [5.41, 5.74) is 0. The number of carbonyl (C=O) groups excluding carboxylic acids is 1. The van der Waals surface area contributed by atoms with E-state index >= 15 is 0 Å². The van der Waals surface area contributed by atoms with E-state index in [9.17, 15) is 4.79 Å². The van der Waals surface area contributed by atoms with Crippen molar-refractivity contribution in [1.29, 1.82) is 0 Å². The number of hydrogen-bond donors (Lipinski definition) is 1. The van der Waals surface area contributed by atoms with Crippen LogP contribution in [0.3, 0.4) is 0 Å². The molecule has 1 unspecified atom stereocenters. The minimum absolute atomic E-state index is 0.114. The Bertz CT molecular complexity index is 266. The van der Waals surface area contributed by atoms with Crippen LogP contribution in [-0.4, -0.2) is 11.2 Å². The van der Waals surface area contributed by atoms with Crippen molar-refractivity contribution >= 4 is 5.97 Å². The highest BCUT2D eigenvalue weighted by Crippen LogP contribution is 2.18. The topological polar surface area (TPSA) is 46.5 Å². The molecule has 0 rings (SSSR count). The predicted octanol–water partition coefficient (Wildman–Crippen LogP) is 7.29. The third-order valence-electron chi connectivity index (χ3n) is 4.97. The van der Waals surface area contributed by atoms with Gasteiger partial charge in [0.25, 0.3) is 0 Å². The maximum Gasteiger partial charge on any atom is 0.345 e. The molecule has 0 aliphatic carbocycles. The summed E-state index contributed by atoms with van der Waals surface area (Å²) in [4.78, 5) is 15.3. The fraction of sp³-hybridized carbons (Fsp3) is 0.952. The van der Waals surface area contributed by atoms with Gasteiger partial charge in [-0.2, -0.15) is 5.26 Å². The summed E-state index contributed by atoms with van der Waals surface area (Å²) in [5, 5.41) is 8.50. The Morgan fingerprint density at radius 2 is 1.08 bits per heavy atom. The molecule has 24 heavy (non-hydrogen) atoms. The van der Waals surface area contributed by atoms with Crippen LogP contribution in [0.2, 0.25) is 0 Å². The van der Waals surface area contributed by atoms with Crippen molar-refractivity contribution in [2.24, 2.45) is 5.92 Å². The van der Waals surface area contributed by atoms with Crippen LogP contribution in [0.15, 0.2) is 0 Å². The van der Waals surface area contributed by atoms with Gasteiger partial charge in [0.15, 0.2) is 0 Å². The first-order valence-electron chi connectivity index (χ1n) is 10.6. The molecule has 0 amide bonds. The van der Waals surface area contributed by atoms with Crippen LogP contribution in [-0.2, 0) is 9.68 Å². The Balaban J connectivity index is 3.28. The van der Waals surface area contributed by atoms with Gasteiger partial charge in [-0.25, -0.2) is 4.79 Å². The zero-order valence-electron chi connectivity index (χ0n) is 16.4. The third-order valence-corrected chi connectivity index (χ3v) is 4.97. The van der Waals surface area contributed by atoms with Crippen molar-refractivity contribution in [2.45, 2.75) is 123 Å². The average molecular weight is 343 g/mol. The third kappa shape index (κ3) is 15.0. The Morgan fingerprint density at radius 3 is 1.46 bits per heavy atom. The van der Waals surface area contributed by atoms with Crippen LogP contribution in [0.1, 0.15) is 123 Å². The van der Waals surface area contributed by atoms with E-state index in [1.807, 2.05) is 0 Å². The number of hydrogen-bond acceptors (Lipinski definition) is 3. The maximum absolute atomic E-state index is 11.4. The summed E-state index contributed by atoms with van der Waals surface area (Å²) in [6.45, 7) is 4.33. The fourth-order valence-electron chi connectivity index (χ4n) is 3.39. The highest BCUT2D eigenvalue weighted by atomic mass is 17.1. The van der Waals surface area contributed by atoms with Gasteiger partial charge in [-0.3, -0.25) is 0 Å². The van der Waals surface area contributed by atoms with Gasteiger partial charge in [-0.15, -0.1) is 0 Å². The van der Waals surface area contributed by atoms with Gasteiger partial charge < -0.3 is 4.89 Å². The fourth-order valence-corrected chi connectivity index (χ4v) is 3.39. The van der Waals surface area contributed by atoms with Gasteiger partial charge in [0.2, 0.25) is 0 Å². The monoisotopic (exact) mass is 342 g/mol. The highest BCUT2D eigenvalue weighted by molar-refractivity contribution is 5.71. The molecular formula is C21H42O3. The summed E-state index contributed by atoms with van der Waals surface area (Å²) >= 11 is 0. The van der Waals surface area contributed by atoms with Crippen LogP contribution in [0.4, 0.5) is 0 Å². The molecule has 0 aliphatic heterocycles. The van der Waals surface area contributed by atoms with E-state index in [-0.39, 0.29) is 5.92 Å². The quantitative estimate of drug-likeness (QED) is 0.161. The first kappa shape index (κ1) is 23.4. The standard InChI is InChI=1S/C21H42O3/c1-3-5-6-7-8-9-10-11-12-13-14-15-16-17-19-20(18-4-2)21(22)24-23/h20,23H,3-19H2,1-2H3. The lowest BCUT2D eigenvalue weighted by atomic mass is 9.96. The molecule has 0 aliphatic rings. The summed E-state index contributed by atoms with van der Waals surface area (Å²) in [7, 11) is 0. The second-order valence-corrected chi connectivity index (χ2v) is 7.28. The van der Waals surface area contributed by atoms with Crippen LogP contribution in [0, 0.1) is 5.92 Å². The number of unbranched alkanes of at least 4 members (excludes halogenated alkanes) is 13. The largest absolute Gasteiger partial charge is 0.345 e. The number of rotatable bonds is 18. The van der Waals surface area contributed by atoms with Gasteiger partial charge in [0.05, 0.1) is 5.92 Å². The Hall–Kier alpha value is -0.570. The van der Waals surface area contributed by atoms with E-state index in [1.165, 1.54) is 83.5 Å². The lowest BCUT2D eigenvalue weighted by Gasteiger charge is -2.11. The molecule has 144 valence electrons. The van der Waals surface area contributed by atoms with Crippen molar-refractivity contribution in [3.8, 4) is 0 Å². The summed E-state index contributed by atoms with van der Waals surface area (Å²) in [5.74, 6) is -0.566. The van der Waals surface area contributed by atoms with Crippen molar-refractivity contribution in [3.05, 3.63) is 0 Å². The van der Waals surface area contributed by atoms with Crippen LogP contribution < -0.4 is 0 Å². The SMILES string of the molecule is CCCCCCCCCCCCCCCCC(CCC)C(=O)OO. The van der Waals surface area contributed by atoms with Crippen molar-refractivity contribution in [3.63, 3.8) is 0 Å². The molecule has 0 heterocycles. The summed E-state index contributed by atoms with van der Waals surface area (Å²) < 4.78 is 0. The highest BCUT2D eigenvalue weighted by Gasteiger charge is 2.18. The predicted molar refractivity (Wildman–Crippen MR) is 102 cm³/mol. The Kier molecular flexibility index (Phi) is 18.3. The minimum Gasteiger partial charge on any atom is -0.301 e. The molecule has 0 spiro atoms. The molecule has 0 aromatic carbocycles. The second-order valence-electron chi connectivity index (χ2n) is 7.28. The first-order chi connectivity index (χ1) is 11.8. The van der Waals surface area contributed by atoms with E-state index in [0.29, 0.717) is 0 Å². The van der Waals surface area contributed by atoms with Gasteiger partial charge >= 0.3 is 5.97 Å². The molecule has 0 aromatic rings. The molecule has 0 aromatic heterocycles. The summed E-state index contributed by atoms with van der Waals surface area (Å²) in [6.07, 6.45) is 21.4. The second kappa shape index (κ2) is 18.8. The van der Waals surface area contributed by atoms with Crippen molar-refractivity contribution in [2.75, 3.05) is 0 Å². The lowest BCUT2D eigenvalue weighted by Crippen LogP contribution is -2.16. The molecule has 1 N–H and O–H groups in total. The molecule has 0 saturated heterocycles.